The highest BCUT2D eigenvalue weighted by Crippen LogP contribution is 1.93. The van der Waals surface area contributed by atoms with E-state index in [0.717, 1.165) is 6.54 Å². The molecule has 2 N–H and O–H groups in total. The minimum Gasteiger partial charge on any atom is -0.466 e. The van der Waals surface area contributed by atoms with Crippen LogP contribution < -0.4 is 5.73 Å². The minimum atomic E-state index is -0.172. The maximum absolute atomic E-state index is 11.0. The molecular weight excluding hydrogens is 200 g/mol. The number of likely N-dealkylation sites (N-methyl/N-ethyl adjacent to an activating group) is 1. The zero-order valence-corrected chi connectivity index (χ0v) is 9.60. The number of nitrogens with two attached hydrogens (primary N) is 1. The molecule has 0 saturated heterocycles. The molecule has 5 heteroatoms. The normalized spacial score (nSPS) is 10.2. The fraction of sp³-hybridized carbons (Fsp3) is 0.778. The van der Waals surface area contributed by atoms with Crippen LogP contribution in [0.5, 0.6) is 0 Å². The van der Waals surface area contributed by atoms with Crippen molar-refractivity contribution in [2.45, 2.75) is 20.3 Å². The Morgan fingerprint density at radius 3 is 2.57 bits per heavy atom. The van der Waals surface area contributed by atoms with Crippen molar-refractivity contribution in [2.24, 2.45) is 5.73 Å². The largest absolute Gasteiger partial charge is 0.466 e. The molecule has 14 heavy (non-hydrogen) atoms. The van der Waals surface area contributed by atoms with Crippen molar-refractivity contribution in [3.63, 3.8) is 0 Å². The number of carbonyl (C=O) groups is 1. The van der Waals surface area contributed by atoms with Gasteiger partial charge in [-0.1, -0.05) is 19.1 Å². The van der Waals surface area contributed by atoms with Gasteiger partial charge in [0.15, 0.2) is 0 Å². The number of rotatable bonds is 7. The molecule has 82 valence electrons. The fourth-order valence-corrected chi connectivity index (χ4v) is 1.23. The second kappa shape index (κ2) is 7.70. The Morgan fingerprint density at radius 1 is 1.50 bits per heavy atom. The van der Waals surface area contributed by atoms with E-state index in [9.17, 15) is 4.79 Å². The molecule has 0 amide bonds. The molecule has 0 aliphatic rings. The molecule has 0 rings (SSSR count). The highest BCUT2D eigenvalue weighted by molar-refractivity contribution is 7.80. The van der Waals surface area contributed by atoms with Crippen molar-refractivity contribution in [1.82, 2.24) is 4.90 Å². The maximum Gasteiger partial charge on any atom is 0.307 e. The Hall–Kier alpha value is -0.680. The fourth-order valence-electron chi connectivity index (χ4n) is 1.05. The number of thiocarbonyl (C=S) groups is 1. The molecule has 0 fully saturated rings. The number of ether oxygens (including phenoxy) is 1. The Kier molecular flexibility index (Phi) is 7.32. The second-order valence-electron chi connectivity index (χ2n) is 2.89. The van der Waals surface area contributed by atoms with Gasteiger partial charge in [-0.05, 0) is 13.5 Å². The third-order valence-electron chi connectivity index (χ3n) is 1.76. The van der Waals surface area contributed by atoms with Crippen molar-refractivity contribution in [2.75, 3.05) is 26.2 Å². The summed E-state index contributed by atoms with van der Waals surface area (Å²) in [6, 6.07) is 0. The molecule has 4 nitrogen and oxygen atoms in total. The van der Waals surface area contributed by atoms with E-state index < -0.39 is 0 Å². The van der Waals surface area contributed by atoms with Crippen molar-refractivity contribution in [3.8, 4) is 0 Å². The van der Waals surface area contributed by atoms with Gasteiger partial charge in [0.25, 0.3) is 0 Å². The minimum absolute atomic E-state index is 0.172. The summed E-state index contributed by atoms with van der Waals surface area (Å²) >= 11 is 4.79. The molecule has 0 atom stereocenters. The van der Waals surface area contributed by atoms with E-state index in [1.807, 2.05) is 11.8 Å². The molecule has 0 unspecified atom stereocenters. The van der Waals surface area contributed by atoms with Crippen LogP contribution in [0.25, 0.3) is 0 Å². The highest BCUT2D eigenvalue weighted by atomic mass is 32.1. The molecule has 0 saturated carbocycles. The van der Waals surface area contributed by atoms with Crippen LogP contribution in [-0.2, 0) is 9.53 Å². The van der Waals surface area contributed by atoms with Gasteiger partial charge in [-0.15, -0.1) is 0 Å². The molecule has 0 aromatic carbocycles. The standard InChI is InChI=1S/C9H18N2O2S/c1-3-11(7-8(10)14)6-5-9(12)13-4-2/h3-7H2,1-2H3,(H2,10,14). The first kappa shape index (κ1) is 13.3. The van der Waals surface area contributed by atoms with Crippen LogP contribution in [0.1, 0.15) is 20.3 Å². The maximum atomic E-state index is 11.0. The first-order valence-electron chi connectivity index (χ1n) is 4.76. The predicted molar refractivity (Wildman–Crippen MR) is 60.1 cm³/mol. The van der Waals surface area contributed by atoms with E-state index in [2.05, 4.69) is 0 Å². The first-order valence-corrected chi connectivity index (χ1v) is 5.17. The summed E-state index contributed by atoms with van der Waals surface area (Å²) in [6.45, 7) is 6.27. The van der Waals surface area contributed by atoms with Crippen LogP contribution in [0.4, 0.5) is 0 Å². The third kappa shape index (κ3) is 6.80. The van der Waals surface area contributed by atoms with Crippen LogP contribution in [0, 0.1) is 0 Å². The van der Waals surface area contributed by atoms with Gasteiger partial charge in [-0.2, -0.15) is 0 Å². The number of hydrogen-bond acceptors (Lipinski definition) is 4. The lowest BCUT2D eigenvalue weighted by Crippen LogP contribution is -2.34. The summed E-state index contributed by atoms with van der Waals surface area (Å²) in [5.41, 5.74) is 5.41. The molecule has 0 aromatic rings. The molecule has 0 radical (unpaired) electrons. The summed E-state index contributed by atoms with van der Waals surface area (Å²) in [5.74, 6) is -0.172. The van der Waals surface area contributed by atoms with Crippen LogP contribution in [0.3, 0.4) is 0 Å². The average Bonchev–Trinajstić information content (AvgIpc) is 2.12. The van der Waals surface area contributed by atoms with Crippen LogP contribution >= 0.6 is 12.2 Å². The van der Waals surface area contributed by atoms with Gasteiger partial charge in [0, 0.05) is 13.1 Å². The topological polar surface area (TPSA) is 55.6 Å². The smallest absolute Gasteiger partial charge is 0.307 e. The average molecular weight is 218 g/mol. The first-order chi connectivity index (χ1) is 6.60. The van der Waals surface area contributed by atoms with Gasteiger partial charge < -0.3 is 10.5 Å². The monoisotopic (exact) mass is 218 g/mol. The van der Waals surface area contributed by atoms with E-state index in [4.69, 9.17) is 22.7 Å². The van der Waals surface area contributed by atoms with Crippen LogP contribution in [-0.4, -0.2) is 42.1 Å². The van der Waals surface area contributed by atoms with Gasteiger partial charge >= 0.3 is 5.97 Å². The Morgan fingerprint density at radius 2 is 2.14 bits per heavy atom. The molecule has 0 aliphatic heterocycles. The lowest BCUT2D eigenvalue weighted by atomic mass is 10.3. The number of carbonyl (C=O) groups excluding carboxylic acids is 1. The number of esters is 1. The number of nitrogens with zero attached hydrogens (tertiary/aromatic N) is 1. The van der Waals surface area contributed by atoms with Gasteiger partial charge in [-0.3, -0.25) is 9.69 Å². The molecule has 0 bridgehead atoms. The van der Waals surface area contributed by atoms with E-state index in [1.165, 1.54) is 0 Å². The lowest BCUT2D eigenvalue weighted by Gasteiger charge is -2.18. The van der Waals surface area contributed by atoms with Crippen LogP contribution in [0.15, 0.2) is 0 Å². The Bertz CT molecular complexity index is 197. The SMILES string of the molecule is CCOC(=O)CCN(CC)CC(N)=S. The summed E-state index contributed by atoms with van der Waals surface area (Å²) in [4.78, 5) is 13.5. The van der Waals surface area contributed by atoms with Gasteiger partial charge in [-0.25, -0.2) is 0 Å². The summed E-state index contributed by atoms with van der Waals surface area (Å²) in [6.07, 6.45) is 0.393. The lowest BCUT2D eigenvalue weighted by molar-refractivity contribution is -0.143. The molecule has 0 aliphatic carbocycles. The Balaban J connectivity index is 3.71. The van der Waals surface area contributed by atoms with Gasteiger partial charge in [0.1, 0.15) is 0 Å². The molecular formula is C9H18N2O2S. The Labute approximate surface area is 90.4 Å². The zero-order chi connectivity index (χ0) is 11.0. The van der Waals surface area contributed by atoms with Crippen molar-refractivity contribution < 1.29 is 9.53 Å². The van der Waals surface area contributed by atoms with Crippen molar-refractivity contribution in [3.05, 3.63) is 0 Å². The summed E-state index contributed by atoms with van der Waals surface area (Å²) in [7, 11) is 0. The zero-order valence-electron chi connectivity index (χ0n) is 8.78. The summed E-state index contributed by atoms with van der Waals surface area (Å²) < 4.78 is 4.81. The second-order valence-corrected chi connectivity index (χ2v) is 3.41. The van der Waals surface area contributed by atoms with Gasteiger partial charge in [0.2, 0.25) is 0 Å². The predicted octanol–water partition coefficient (Wildman–Crippen LogP) is 0.548. The molecule has 0 aromatic heterocycles. The number of hydrogen-bond donors (Lipinski definition) is 1. The summed E-state index contributed by atoms with van der Waals surface area (Å²) in [5, 5.41) is 0. The molecule has 0 heterocycles. The van der Waals surface area contributed by atoms with Crippen LogP contribution in [0.2, 0.25) is 0 Å². The highest BCUT2D eigenvalue weighted by Gasteiger charge is 2.07. The van der Waals surface area contributed by atoms with Crippen molar-refractivity contribution in [1.29, 1.82) is 0 Å². The van der Waals surface area contributed by atoms with E-state index in [0.29, 0.717) is 31.1 Å². The van der Waals surface area contributed by atoms with E-state index in [1.54, 1.807) is 6.92 Å². The van der Waals surface area contributed by atoms with E-state index >= 15 is 0 Å². The quantitative estimate of drug-likeness (QED) is 0.499. The van der Waals surface area contributed by atoms with E-state index in [-0.39, 0.29) is 5.97 Å². The molecule has 0 spiro atoms. The third-order valence-corrected chi connectivity index (χ3v) is 1.89. The van der Waals surface area contributed by atoms with Gasteiger partial charge in [0.05, 0.1) is 18.0 Å². The van der Waals surface area contributed by atoms with Crippen molar-refractivity contribution >= 4 is 23.2 Å².